The molecule has 0 unspecified atom stereocenters. The van der Waals surface area contributed by atoms with Crippen molar-refractivity contribution in [2.24, 2.45) is 0 Å². The van der Waals surface area contributed by atoms with E-state index in [0.717, 1.165) is 11.4 Å². The van der Waals surface area contributed by atoms with Gasteiger partial charge in [0, 0.05) is 31.5 Å². The summed E-state index contributed by atoms with van der Waals surface area (Å²) >= 11 is 0. The van der Waals surface area contributed by atoms with Crippen LogP contribution in [0.3, 0.4) is 0 Å². The Hall–Kier alpha value is -1.18. The average Bonchev–Trinajstić information content (AvgIpc) is 2.05. The summed E-state index contributed by atoms with van der Waals surface area (Å²) in [5.74, 6) is 0. The highest BCUT2D eigenvalue weighted by atomic mass is 14.8. The van der Waals surface area contributed by atoms with Gasteiger partial charge in [-0.05, 0) is 12.1 Å². The van der Waals surface area contributed by atoms with Gasteiger partial charge >= 0.3 is 0 Å². The summed E-state index contributed by atoms with van der Waals surface area (Å²) in [6.07, 6.45) is 0. The number of nitrogens with one attached hydrogen (secondary N) is 2. The minimum Gasteiger partial charge on any atom is -0.388 e. The predicted octanol–water partition coefficient (Wildman–Crippen LogP) is 1.57. The molecule has 53 valence electrons. The minimum absolute atomic E-state index is 1.01. The fourth-order valence-corrected chi connectivity index (χ4v) is 0.761. The summed E-state index contributed by atoms with van der Waals surface area (Å²) in [6, 6.07) is 9.05. The lowest BCUT2D eigenvalue weighted by molar-refractivity contribution is 1.46. The van der Waals surface area contributed by atoms with E-state index in [9.17, 15) is 0 Å². The highest BCUT2D eigenvalue weighted by Crippen LogP contribution is 2.11. The molecule has 1 rings (SSSR count). The van der Waals surface area contributed by atoms with Crippen LogP contribution in [0.4, 0.5) is 11.4 Å². The van der Waals surface area contributed by atoms with Crippen LogP contribution >= 0.6 is 0 Å². The monoisotopic (exact) mass is 135 g/mol. The molecule has 2 nitrogen and oxygen atoms in total. The SMILES string of the molecule is CNc1[c]c(NC)ccc1. The van der Waals surface area contributed by atoms with Crippen LogP contribution in [-0.2, 0) is 0 Å². The van der Waals surface area contributed by atoms with Crippen molar-refractivity contribution in [3.05, 3.63) is 24.3 Å². The largest absolute Gasteiger partial charge is 0.388 e. The van der Waals surface area contributed by atoms with E-state index in [-0.39, 0.29) is 0 Å². The van der Waals surface area contributed by atoms with E-state index in [4.69, 9.17) is 0 Å². The summed E-state index contributed by atoms with van der Waals surface area (Å²) in [4.78, 5) is 0. The van der Waals surface area contributed by atoms with Crippen LogP contribution < -0.4 is 10.6 Å². The van der Waals surface area contributed by atoms with Gasteiger partial charge in [0.2, 0.25) is 0 Å². The van der Waals surface area contributed by atoms with Crippen molar-refractivity contribution in [3.8, 4) is 0 Å². The second-order valence-electron chi connectivity index (χ2n) is 1.98. The van der Waals surface area contributed by atoms with Crippen molar-refractivity contribution in [3.63, 3.8) is 0 Å². The summed E-state index contributed by atoms with van der Waals surface area (Å²) in [5.41, 5.74) is 2.01. The van der Waals surface area contributed by atoms with Crippen molar-refractivity contribution in [1.29, 1.82) is 0 Å². The molecule has 0 atom stereocenters. The fraction of sp³-hybridized carbons (Fsp3) is 0.250. The highest BCUT2D eigenvalue weighted by molar-refractivity contribution is 5.54. The Morgan fingerprint density at radius 1 is 1.10 bits per heavy atom. The molecule has 2 N–H and O–H groups in total. The standard InChI is InChI=1S/C8H11N2/c1-9-7-4-3-5-8(6-7)10-2/h3-5,9-10H,1-2H3. The number of benzene rings is 1. The molecule has 0 aliphatic carbocycles. The molecular formula is C8H11N2. The van der Waals surface area contributed by atoms with E-state index in [1.807, 2.05) is 32.3 Å². The Kier molecular flexibility index (Phi) is 2.15. The van der Waals surface area contributed by atoms with Crippen LogP contribution in [0.5, 0.6) is 0 Å². The zero-order valence-electron chi connectivity index (χ0n) is 6.23. The van der Waals surface area contributed by atoms with E-state index >= 15 is 0 Å². The third-order valence-corrected chi connectivity index (χ3v) is 1.33. The van der Waals surface area contributed by atoms with Gasteiger partial charge in [-0.15, -0.1) is 0 Å². The summed E-state index contributed by atoms with van der Waals surface area (Å²) in [7, 11) is 3.76. The lowest BCUT2D eigenvalue weighted by atomic mass is 10.3. The Bertz CT molecular complexity index is 189. The number of anilines is 2. The van der Waals surface area contributed by atoms with Crippen LogP contribution in [0.2, 0.25) is 0 Å². The third kappa shape index (κ3) is 1.41. The van der Waals surface area contributed by atoms with Crippen LogP contribution in [0.25, 0.3) is 0 Å². The van der Waals surface area contributed by atoms with Crippen molar-refractivity contribution < 1.29 is 0 Å². The van der Waals surface area contributed by atoms with E-state index in [1.165, 1.54) is 0 Å². The maximum absolute atomic E-state index is 3.12. The van der Waals surface area contributed by atoms with E-state index < -0.39 is 0 Å². The van der Waals surface area contributed by atoms with Gasteiger partial charge in [0.05, 0.1) is 0 Å². The lowest BCUT2D eigenvalue weighted by Crippen LogP contribution is -1.91. The highest BCUT2D eigenvalue weighted by Gasteiger charge is 1.89. The number of rotatable bonds is 2. The molecule has 10 heavy (non-hydrogen) atoms. The molecule has 2 heteroatoms. The Morgan fingerprint density at radius 2 is 1.60 bits per heavy atom. The molecule has 0 saturated carbocycles. The molecule has 0 bridgehead atoms. The maximum Gasteiger partial charge on any atom is 0.0439 e. The van der Waals surface area contributed by atoms with Crippen LogP contribution in [0.1, 0.15) is 0 Å². The molecule has 1 radical (unpaired) electrons. The number of hydrogen-bond donors (Lipinski definition) is 2. The quantitative estimate of drug-likeness (QED) is 0.643. The molecular weight excluding hydrogens is 124 g/mol. The second kappa shape index (κ2) is 3.11. The van der Waals surface area contributed by atoms with Crippen molar-refractivity contribution in [1.82, 2.24) is 0 Å². The van der Waals surface area contributed by atoms with Gasteiger partial charge in [-0.25, -0.2) is 0 Å². The van der Waals surface area contributed by atoms with Gasteiger partial charge < -0.3 is 10.6 Å². The van der Waals surface area contributed by atoms with Gasteiger partial charge in [0.15, 0.2) is 0 Å². The Morgan fingerprint density at radius 3 is 2.00 bits per heavy atom. The van der Waals surface area contributed by atoms with Crippen LogP contribution in [0.15, 0.2) is 18.2 Å². The lowest BCUT2D eigenvalue weighted by Gasteiger charge is -2.01. The van der Waals surface area contributed by atoms with E-state index in [1.54, 1.807) is 0 Å². The van der Waals surface area contributed by atoms with Gasteiger partial charge in [-0.2, -0.15) is 0 Å². The first-order chi connectivity index (χ1) is 4.86. The third-order valence-electron chi connectivity index (χ3n) is 1.33. The molecule has 0 heterocycles. The molecule has 0 saturated heterocycles. The average molecular weight is 135 g/mol. The van der Waals surface area contributed by atoms with Crippen LogP contribution in [-0.4, -0.2) is 14.1 Å². The molecule has 0 spiro atoms. The molecule has 1 aromatic carbocycles. The van der Waals surface area contributed by atoms with Crippen molar-refractivity contribution >= 4 is 11.4 Å². The maximum atomic E-state index is 3.12. The molecule has 1 aromatic rings. The van der Waals surface area contributed by atoms with Gasteiger partial charge in [0.25, 0.3) is 0 Å². The molecule has 0 aliphatic rings. The minimum atomic E-state index is 1.01. The normalized spacial score (nSPS) is 9.00. The second-order valence-corrected chi connectivity index (χ2v) is 1.98. The molecule has 0 aromatic heterocycles. The topological polar surface area (TPSA) is 24.1 Å². The smallest absolute Gasteiger partial charge is 0.0439 e. The number of hydrogen-bond acceptors (Lipinski definition) is 2. The zero-order valence-corrected chi connectivity index (χ0v) is 6.23. The van der Waals surface area contributed by atoms with Gasteiger partial charge in [-0.3, -0.25) is 0 Å². The summed E-state index contributed by atoms with van der Waals surface area (Å²) in [5, 5.41) is 6.01. The predicted molar refractivity (Wildman–Crippen MR) is 44.4 cm³/mol. The summed E-state index contributed by atoms with van der Waals surface area (Å²) < 4.78 is 0. The Balaban J connectivity index is 2.87. The first-order valence-corrected chi connectivity index (χ1v) is 3.24. The van der Waals surface area contributed by atoms with E-state index in [0.29, 0.717) is 0 Å². The summed E-state index contributed by atoms with van der Waals surface area (Å²) in [6.45, 7) is 0. The fourth-order valence-electron chi connectivity index (χ4n) is 0.761. The first kappa shape index (κ1) is 6.93. The van der Waals surface area contributed by atoms with Crippen molar-refractivity contribution in [2.45, 2.75) is 0 Å². The molecule has 0 amide bonds. The van der Waals surface area contributed by atoms with E-state index in [2.05, 4.69) is 16.7 Å². The van der Waals surface area contributed by atoms with Crippen LogP contribution in [0, 0.1) is 6.07 Å². The van der Waals surface area contributed by atoms with Crippen molar-refractivity contribution in [2.75, 3.05) is 24.7 Å². The van der Waals surface area contributed by atoms with Gasteiger partial charge in [0.1, 0.15) is 0 Å². The van der Waals surface area contributed by atoms with Gasteiger partial charge in [-0.1, -0.05) is 6.07 Å². The Labute approximate surface area is 61.3 Å². The molecule has 0 fully saturated rings. The first-order valence-electron chi connectivity index (χ1n) is 3.24. The zero-order chi connectivity index (χ0) is 7.40. The molecule has 0 aliphatic heterocycles.